The first kappa shape index (κ1) is 17.2. The highest BCUT2D eigenvalue weighted by Gasteiger charge is 2.34. The van der Waals surface area contributed by atoms with Crippen LogP contribution < -0.4 is 5.32 Å². The van der Waals surface area contributed by atoms with E-state index in [-0.39, 0.29) is 12.2 Å². The number of carbonyl (C=O) groups is 1. The molecule has 5 nitrogen and oxygen atoms in total. The minimum absolute atomic E-state index is 0.232. The smallest absolute Gasteiger partial charge is 0.324 e. The molecule has 0 aliphatic rings. The summed E-state index contributed by atoms with van der Waals surface area (Å²) in [6.07, 6.45) is -3.04. The summed E-state index contributed by atoms with van der Waals surface area (Å²) < 4.78 is 50.1. The van der Waals surface area contributed by atoms with Gasteiger partial charge in [-0.3, -0.25) is 13.7 Å². The summed E-state index contributed by atoms with van der Waals surface area (Å²) in [5.74, 6) is -0.524. The van der Waals surface area contributed by atoms with Gasteiger partial charge in [-0.15, -0.1) is 0 Å². The molecule has 1 heterocycles. The van der Waals surface area contributed by atoms with Gasteiger partial charge >= 0.3 is 6.18 Å². The molecule has 2 rings (SSSR count). The molecule has 0 aliphatic heterocycles. The Hall–Kier alpha value is -2.16. The zero-order valence-electron chi connectivity index (χ0n) is 12.3. The molecule has 1 aromatic heterocycles. The van der Waals surface area contributed by atoms with Gasteiger partial charge in [0.25, 0.3) is 0 Å². The molecule has 2 aromatic rings. The van der Waals surface area contributed by atoms with Gasteiger partial charge in [-0.2, -0.15) is 18.3 Å². The number of alkyl halides is 3. The van der Waals surface area contributed by atoms with Crippen molar-refractivity contribution >= 4 is 22.4 Å². The van der Waals surface area contributed by atoms with E-state index in [1.165, 1.54) is 13.2 Å². The molecule has 0 aliphatic carbocycles. The van der Waals surface area contributed by atoms with Crippen LogP contribution in [0.25, 0.3) is 0 Å². The van der Waals surface area contributed by atoms with Crippen LogP contribution in [-0.4, -0.2) is 26.2 Å². The molecule has 1 N–H and O–H groups in total. The Balaban J connectivity index is 2.10. The van der Waals surface area contributed by atoms with E-state index in [1.807, 2.05) is 0 Å². The fourth-order valence-corrected chi connectivity index (χ4v) is 2.46. The van der Waals surface area contributed by atoms with Crippen LogP contribution in [0.1, 0.15) is 11.4 Å². The molecule has 0 saturated heterocycles. The maximum Gasteiger partial charge on any atom is 0.435 e. The standard InChI is InChI=1S/C14H14F3N3O2S/c1-9-6-12(14(15,16)17)19-20(9)8-13(21)18-10-4-3-5-11(7-10)23(2)22/h3-7H,8H2,1-2H3,(H,18,21). The second kappa shape index (κ2) is 6.53. The molecule has 23 heavy (non-hydrogen) atoms. The van der Waals surface area contributed by atoms with Crippen LogP contribution in [0.3, 0.4) is 0 Å². The van der Waals surface area contributed by atoms with Gasteiger partial charge in [0.1, 0.15) is 6.54 Å². The van der Waals surface area contributed by atoms with Gasteiger partial charge in [0, 0.05) is 33.3 Å². The molecule has 0 spiro atoms. The lowest BCUT2D eigenvalue weighted by Crippen LogP contribution is -2.20. The number of nitrogens with zero attached hydrogens (tertiary/aromatic N) is 2. The Bertz CT molecular complexity index is 756. The van der Waals surface area contributed by atoms with Crippen LogP contribution in [0.5, 0.6) is 0 Å². The lowest BCUT2D eigenvalue weighted by molar-refractivity contribution is -0.141. The summed E-state index contributed by atoms with van der Waals surface area (Å²) in [5, 5.41) is 5.94. The van der Waals surface area contributed by atoms with Gasteiger partial charge in [-0.05, 0) is 31.2 Å². The van der Waals surface area contributed by atoms with Gasteiger partial charge in [0.05, 0.1) is 0 Å². The second-order valence-corrected chi connectivity index (χ2v) is 6.24. The van der Waals surface area contributed by atoms with Crippen LogP contribution in [0, 0.1) is 6.92 Å². The Morgan fingerprint density at radius 3 is 2.61 bits per heavy atom. The van der Waals surface area contributed by atoms with E-state index in [9.17, 15) is 22.2 Å². The predicted octanol–water partition coefficient (Wildman–Crippen LogP) is 2.59. The number of benzene rings is 1. The van der Waals surface area contributed by atoms with E-state index in [1.54, 1.807) is 24.3 Å². The fourth-order valence-electron chi connectivity index (χ4n) is 1.90. The Morgan fingerprint density at radius 2 is 2.04 bits per heavy atom. The van der Waals surface area contributed by atoms with E-state index in [0.717, 1.165) is 10.7 Å². The first-order valence-electron chi connectivity index (χ1n) is 6.52. The predicted molar refractivity (Wildman–Crippen MR) is 79.4 cm³/mol. The van der Waals surface area contributed by atoms with Crippen molar-refractivity contribution in [3.8, 4) is 0 Å². The summed E-state index contributed by atoms with van der Waals surface area (Å²) in [6.45, 7) is 1.09. The van der Waals surface area contributed by atoms with Gasteiger partial charge in [0.2, 0.25) is 5.91 Å². The normalized spacial score (nSPS) is 12.9. The zero-order valence-corrected chi connectivity index (χ0v) is 13.2. The number of carbonyl (C=O) groups excluding carboxylic acids is 1. The van der Waals surface area contributed by atoms with Crippen LogP contribution >= 0.6 is 0 Å². The second-order valence-electron chi connectivity index (χ2n) is 4.86. The van der Waals surface area contributed by atoms with E-state index < -0.39 is 28.6 Å². The molecule has 1 aromatic carbocycles. The van der Waals surface area contributed by atoms with Crippen molar-refractivity contribution in [1.82, 2.24) is 9.78 Å². The molecular formula is C14H14F3N3O2S. The number of rotatable bonds is 4. The van der Waals surface area contributed by atoms with Crippen molar-refractivity contribution in [2.24, 2.45) is 0 Å². The number of amides is 1. The highest BCUT2D eigenvalue weighted by molar-refractivity contribution is 7.84. The third-order valence-corrected chi connectivity index (χ3v) is 3.93. The average Bonchev–Trinajstić information content (AvgIpc) is 2.80. The summed E-state index contributed by atoms with van der Waals surface area (Å²) in [7, 11) is -1.20. The number of halogens is 3. The molecule has 1 amide bonds. The third-order valence-electron chi connectivity index (χ3n) is 3.01. The number of nitrogens with one attached hydrogen (secondary N) is 1. The zero-order chi connectivity index (χ0) is 17.2. The van der Waals surface area contributed by atoms with Crippen LogP contribution in [0.4, 0.5) is 18.9 Å². The summed E-state index contributed by atoms with van der Waals surface area (Å²) >= 11 is 0. The molecule has 0 radical (unpaired) electrons. The number of aryl methyl sites for hydroxylation is 1. The first-order chi connectivity index (χ1) is 10.7. The fraction of sp³-hybridized carbons (Fsp3) is 0.286. The number of hydrogen-bond donors (Lipinski definition) is 1. The van der Waals surface area contributed by atoms with Gasteiger partial charge in [-0.25, -0.2) is 0 Å². The quantitative estimate of drug-likeness (QED) is 0.926. The summed E-state index contributed by atoms with van der Waals surface area (Å²) in [5.41, 5.74) is -0.384. The molecule has 124 valence electrons. The van der Waals surface area contributed by atoms with Crippen molar-refractivity contribution in [2.75, 3.05) is 11.6 Å². The van der Waals surface area contributed by atoms with Crippen LogP contribution in [-0.2, 0) is 28.3 Å². The van der Waals surface area contributed by atoms with Gasteiger partial charge in [0.15, 0.2) is 5.69 Å². The van der Waals surface area contributed by atoms with Crippen molar-refractivity contribution in [1.29, 1.82) is 0 Å². The SMILES string of the molecule is Cc1cc(C(F)(F)F)nn1CC(=O)Nc1cccc(S(C)=O)c1. The summed E-state index contributed by atoms with van der Waals surface area (Å²) in [6, 6.07) is 7.32. The number of anilines is 1. The van der Waals surface area contributed by atoms with Gasteiger partial charge in [-0.1, -0.05) is 6.07 Å². The lowest BCUT2D eigenvalue weighted by Gasteiger charge is -2.08. The Morgan fingerprint density at radius 1 is 1.35 bits per heavy atom. The Labute approximate surface area is 133 Å². The molecular weight excluding hydrogens is 331 g/mol. The topological polar surface area (TPSA) is 64.0 Å². The third kappa shape index (κ3) is 4.41. The molecule has 9 heteroatoms. The monoisotopic (exact) mass is 345 g/mol. The molecule has 1 atom stereocenters. The van der Waals surface area contributed by atoms with E-state index >= 15 is 0 Å². The maximum absolute atomic E-state index is 12.6. The van der Waals surface area contributed by atoms with Crippen molar-refractivity contribution < 1.29 is 22.2 Å². The number of hydrogen-bond acceptors (Lipinski definition) is 3. The molecule has 1 unspecified atom stereocenters. The van der Waals surface area contributed by atoms with Crippen LogP contribution in [0.2, 0.25) is 0 Å². The van der Waals surface area contributed by atoms with Crippen molar-refractivity contribution in [3.05, 3.63) is 41.7 Å². The molecule has 0 fully saturated rings. The van der Waals surface area contributed by atoms with Crippen LogP contribution in [0.15, 0.2) is 35.2 Å². The highest BCUT2D eigenvalue weighted by atomic mass is 32.2. The summed E-state index contributed by atoms with van der Waals surface area (Å²) in [4.78, 5) is 12.5. The minimum Gasteiger partial charge on any atom is -0.324 e. The molecule has 0 saturated carbocycles. The Kier molecular flexibility index (Phi) is 4.88. The van der Waals surface area contributed by atoms with Gasteiger partial charge < -0.3 is 5.32 Å². The van der Waals surface area contributed by atoms with E-state index in [0.29, 0.717) is 10.6 Å². The number of aromatic nitrogens is 2. The minimum atomic E-state index is -4.55. The largest absolute Gasteiger partial charge is 0.435 e. The highest BCUT2D eigenvalue weighted by Crippen LogP contribution is 2.28. The molecule has 0 bridgehead atoms. The van der Waals surface area contributed by atoms with Crippen molar-refractivity contribution in [3.63, 3.8) is 0 Å². The van der Waals surface area contributed by atoms with E-state index in [4.69, 9.17) is 0 Å². The lowest BCUT2D eigenvalue weighted by atomic mass is 10.3. The van der Waals surface area contributed by atoms with E-state index in [2.05, 4.69) is 10.4 Å². The maximum atomic E-state index is 12.6. The average molecular weight is 345 g/mol. The first-order valence-corrected chi connectivity index (χ1v) is 8.07. The van der Waals surface area contributed by atoms with Crippen molar-refractivity contribution in [2.45, 2.75) is 24.5 Å².